The first-order valence-electron chi connectivity index (χ1n) is 6.76. The zero-order valence-electron chi connectivity index (χ0n) is 11.9. The molecule has 0 amide bonds. The monoisotopic (exact) mass is 287 g/mol. The largest absolute Gasteiger partial charge is 0.478 e. The first-order valence-corrected chi connectivity index (χ1v) is 6.76. The third kappa shape index (κ3) is 2.10. The second-order valence-electron chi connectivity index (χ2n) is 5.84. The van der Waals surface area contributed by atoms with Crippen molar-refractivity contribution in [2.24, 2.45) is 0 Å². The molecule has 2 N–H and O–H groups in total. The van der Waals surface area contributed by atoms with E-state index in [1.54, 1.807) is 35.4 Å². The molecule has 1 aliphatic heterocycles. The van der Waals surface area contributed by atoms with Gasteiger partial charge in [-0.15, -0.1) is 0 Å². The Morgan fingerprint density at radius 3 is 2.76 bits per heavy atom. The molecule has 0 saturated carbocycles. The number of benzene rings is 1. The van der Waals surface area contributed by atoms with Crippen LogP contribution < -0.4 is 4.90 Å². The normalized spacial score (nSPS) is 19.6. The lowest BCUT2D eigenvalue weighted by Gasteiger charge is -2.29. The Bertz CT molecular complexity index is 676. The van der Waals surface area contributed by atoms with E-state index in [0.29, 0.717) is 6.54 Å². The van der Waals surface area contributed by atoms with Crippen LogP contribution in [-0.2, 0) is 12.0 Å². The number of hydrogen-bond acceptors (Lipinski definition) is 4. The second-order valence-corrected chi connectivity index (χ2v) is 5.84. The van der Waals surface area contributed by atoms with Crippen LogP contribution in [0.5, 0.6) is 0 Å². The van der Waals surface area contributed by atoms with Crippen molar-refractivity contribution in [2.45, 2.75) is 32.0 Å². The van der Waals surface area contributed by atoms with E-state index in [1.165, 1.54) is 0 Å². The number of anilines is 1. The fourth-order valence-corrected chi connectivity index (χ4v) is 2.85. The summed E-state index contributed by atoms with van der Waals surface area (Å²) in [7, 11) is 0. The number of aliphatic hydroxyl groups excluding tert-OH is 1. The molecule has 0 aliphatic carbocycles. The van der Waals surface area contributed by atoms with Crippen LogP contribution in [0.1, 0.15) is 35.5 Å². The molecule has 21 heavy (non-hydrogen) atoms. The lowest BCUT2D eigenvalue weighted by atomic mass is 9.85. The number of carboxylic acids is 1. The number of fused-ring (bicyclic) bond motifs is 1. The molecule has 1 aromatic heterocycles. The minimum Gasteiger partial charge on any atom is -0.478 e. The SMILES string of the molecule is CC1(C)c2ccc(C(=O)O)cc2N(Cc2ccco2)C1O. The minimum atomic E-state index is -0.977. The van der Waals surface area contributed by atoms with Crippen LogP contribution in [-0.4, -0.2) is 22.4 Å². The van der Waals surface area contributed by atoms with Crippen LogP contribution in [0.4, 0.5) is 5.69 Å². The molecule has 1 aliphatic rings. The molecular formula is C16H17NO4. The number of carboxylic acid groups (broad SMARTS) is 1. The fraction of sp³-hybridized carbons (Fsp3) is 0.312. The summed E-state index contributed by atoms with van der Waals surface area (Å²) in [6, 6.07) is 8.59. The van der Waals surface area contributed by atoms with Gasteiger partial charge in [0.25, 0.3) is 0 Å². The van der Waals surface area contributed by atoms with Crippen molar-refractivity contribution in [3.8, 4) is 0 Å². The Labute approximate surface area is 122 Å². The maximum atomic E-state index is 11.2. The van der Waals surface area contributed by atoms with E-state index in [0.717, 1.165) is 17.0 Å². The van der Waals surface area contributed by atoms with Gasteiger partial charge in [0.15, 0.2) is 0 Å². The highest BCUT2D eigenvalue weighted by Gasteiger charge is 2.44. The second kappa shape index (κ2) is 4.63. The molecule has 0 saturated heterocycles. The number of carbonyl (C=O) groups is 1. The summed E-state index contributed by atoms with van der Waals surface area (Å²) < 4.78 is 5.34. The van der Waals surface area contributed by atoms with E-state index in [-0.39, 0.29) is 5.56 Å². The first-order chi connectivity index (χ1) is 9.91. The summed E-state index contributed by atoms with van der Waals surface area (Å²) >= 11 is 0. The molecule has 1 aromatic carbocycles. The minimum absolute atomic E-state index is 0.211. The quantitative estimate of drug-likeness (QED) is 0.907. The van der Waals surface area contributed by atoms with Crippen LogP contribution in [0.25, 0.3) is 0 Å². The zero-order valence-corrected chi connectivity index (χ0v) is 11.9. The molecule has 0 bridgehead atoms. The third-order valence-electron chi connectivity index (χ3n) is 4.10. The van der Waals surface area contributed by atoms with Gasteiger partial charge in [0.2, 0.25) is 0 Å². The van der Waals surface area contributed by atoms with E-state index in [1.807, 2.05) is 19.9 Å². The van der Waals surface area contributed by atoms with E-state index >= 15 is 0 Å². The standard InChI is InChI=1S/C16H17NO4/c1-16(2)12-6-5-10(14(18)19)8-13(12)17(15(16)20)9-11-4-3-7-21-11/h3-8,15,20H,9H2,1-2H3,(H,18,19). The van der Waals surface area contributed by atoms with Gasteiger partial charge < -0.3 is 19.5 Å². The van der Waals surface area contributed by atoms with Gasteiger partial charge in [-0.2, -0.15) is 0 Å². The van der Waals surface area contributed by atoms with Gasteiger partial charge in [0.1, 0.15) is 12.0 Å². The van der Waals surface area contributed by atoms with Gasteiger partial charge in [-0.25, -0.2) is 4.79 Å². The summed E-state index contributed by atoms with van der Waals surface area (Å²) in [5, 5.41) is 19.8. The summed E-state index contributed by atoms with van der Waals surface area (Å²) in [6.07, 6.45) is 0.846. The van der Waals surface area contributed by atoms with E-state index in [4.69, 9.17) is 9.52 Å². The van der Waals surface area contributed by atoms with Crippen LogP contribution in [0.15, 0.2) is 41.0 Å². The molecule has 2 heterocycles. The van der Waals surface area contributed by atoms with Crippen LogP contribution >= 0.6 is 0 Å². The van der Waals surface area contributed by atoms with E-state index < -0.39 is 17.6 Å². The number of furan rings is 1. The number of nitrogens with zero attached hydrogens (tertiary/aromatic N) is 1. The van der Waals surface area contributed by atoms with Crippen LogP contribution in [0, 0.1) is 0 Å². The Kier molecular flexibility index (Phi) is 3.02. The van der Waals surface area contributed by atoms with Crippen LogP contribution in [0.3, 0.4) is 0 Å². The van der Waals surface area contributed by atoms with Crippen molar-refractivity contribution in [1.29, 1.82) is 0 Å². The average molecular weight is 287 g/mol. The molecule has 3 rings (SSSR count). The summed E-state index contributed by atoms with van der Waals surface area (Å²) in [6.45, 7) is 4.28. The predicted molar refractivity (Wildman–Crippen MR) is 77.3 cm³/mol. The van der Waals surface area contributed by atoms with Gasteiger partial charge in [0, 0.05) is 11.1 Å². The fourth-order valence-electron chi connectivity index (χ4n) is 2.85. The van der Waals surface area contributed by atoms with Gasteiger partial charge in [-0.3, -0.25) is 0 Å². The van der Waals surface area contributed by atoms with Crippen molar-refractivity contribution in [2.75, 3.05) is 4.90 Å². The molecule has 110 valence electrons. The molecular weight excluding hydrogens is 270 g/mol. The van der Waals surface area contributed by atoms with Gasteiger partial charge in [0.05, 0.1) is 18.4 Å². The Morgan fingerprint density at radius 2 is 2.14 bits per heavy atom. The molecule has 2 aromatic rings. The lowest BCUT2D eigenvalue weighted by molar-refractivity contribution is 0.0697. The summed E-state index contributed by atoms with van der Waals surface area (Å²) in [4.78, 5) is 12.9. The molecule has 5 nitrogen and oxygen atoms in total. The van der Waals surface area contributed by atoms with Gasteiger partial charge >= 0.3 is 5.97 Å². The Balaban J connectivity index is 2.06. The number of aromatic carboxylic acids is 1. The number of rotatable bonds is 3. The Morgan fingerprint density at radius 1 is 1.38 bits per heavy atom. The topological polar surface area (TPSA) is 73.9 Å². The van der Waals surface area contributed by atoms with Crippen molar-refractivity contribution in [3.05, 3.63) is 53.5 Å². The van der Waals surface area contributed by atoms with E-state index in [9.17, 15) is 9.90 Å². The summed E-state index contributed by atoms with van der Waals surface area (Å²) in [5.74, 6) is -0.256. The van der Waals surface area contributed by atoms with Crippen molar-refractivity contribution in [1.82, 2.24) is 0 Å². The molecule has 1 atom stereocenters. The van der Waals surface area contributed by atoms with Crippen molar-refractivity contribution in [3.63, 3.8) is 0 Å². The lowest BCUT2D eigenvalue weighted by Crippen LogP contribution is -2.40. The maximum absolute atomic E-state index is 11.2. The zero-order chi connectivity index (χ0) is 15.2. The highest BCUT2D eigenvalue weighted by Crippen LogP contribution is 2.45. The summed E-state index contributed by atoms with van der Waals surface area (Å²) in [5.41, 5.74) is 1.41. The smallest absolute Gasteiger partial charge is 0.335 e. The average Bonchev–Trinajstić information content (AvgIpc) is 3.01. The van der Waals surface area contributed by atoms with Gasteiger partial charge in [-0.1, -0.05) is 19.9 Å². The molecule has 0 spiro atoms. The Hall–Kier alpha value is -2.27. The van der Waals surface area contributed by atoms with E-state index in [2.05, 4.69) is 0 Å². The molecule has 5 heteroatoms. The highest BCUT2D eigenvalue weighted by molar-refractivity contribution is 5.89. The van der Waals surface area contributed by atoms with Gasteiger partial charge in [-0.05, 0) is 29.8 Å². The number of aliphatic hydroxyl groups is 1. The van der Waals surface area contributed by atoms with Crippen molar-refractivity contribution < 1.29 is 19.4 Å². The third-order valence-corrected chi connectivity index (χ3v) is 4.10. The predicted octanol–water partition coefficient (Wildman–Crippen LogP) is 2.59. The van der Waals surface area contributed by atoms with Crippen LogP contribution in [0.2, 0.25) is 0 Å². The maximum Gasteiger partial charge on any atom is 0.335 e. The van der Waals surface area contributed by atoms with Crippen molar-refractivity contribution >= 4 is 11.7 Å². The molecule has 0 radical (unpaired) electrons. The molecule has 0 fully saturated rings. The first kappa shape index (κ1) is 13.7. The number of hydrogen-bond donors (Lipinski definition) is 2. The highest BCUT2D eigenvalue weighted by atomic mass is 16.4. The molecule has 1 unspecified atom stereocenters.